The SMILES string of the molecule is CC(=O)C(N)=C1CN(C(=O)c2cccs2)CC(C)(C)C1=NCc1ccc(C(F)(F)F)cc1. The fourth-order valence-corrected chi connectivity index (χ4v) is 4.38. The molecule has 3 rings (SSSR count). The Hall–Kier alpha value is -2.94. The number of halogens is 3. The maximum absolute atomic E-state index is 12.9. The largest absolute Gasteiger partial charge is 0.416 e. The maximum atomic E-state index is 12.9. The van der Waals surface area contributed by atoms with Gasteiger partial charge in [0, 0.05) is 36.7 Å². The highest BCUT2D eigenvalue weighted by Crippen LogP contribution is 2.33. The summed E-state index contributed by atoms with van der Waals surface area (Å²) in [5.74, 6) is -0.479. The third-order valence-electron chi connectivity index (χ3n) is 5.29. The van der Waals surface area contributed by atoms with E-state index in [1.165, 1.54) is 30.4 Å². The van der Waals surface area contributed by atoms with E-state index in [0.717, 1.165) is 12.1 Å². The highest BCUT2D eigenvalue weighted by atomic mass is 32.1. The predicted octanol–water partition coefficient (Wildman–Crippen LogP) is 4.69. The fraction of sp³-hybridized carbons (Fsp3) is 0.348. The minimum absolute atomic E-state index is 0.0351. The van der Waals surface area contributed by atoms with Crippen molar-refractivity contribution in [2.24, 2.45) is 16.1 Å². The lowest BCUT2D eigenvalue weighted by molar-refractivity contribution is -0.137. The van der Waals surface area contributed by atoms with E-state index in [1.54, 1.807) is 17.0 Å². The molecule has 0 atom stereocenters. The van der Waals surface area contributed by atoms with E-state index >= 15 is 0 Å². The molecule has 9 heteroatoms. The van der Waals surface area contributed by atoms with Crippen LogP contribution in [0.4, 0.5) is 13.2 Å². The Morgan fingerprint density at radius 2 is 1.84 bits per heavy atom. The van der Waals surface area contributed by atoms with Crippen molar-refractivity contribution in [2.75, 3.05) is 13.1 Å². The summed E-state index contributed by atoms with van der Waals surface area (Å²) < 4.78 is 38.4. The van der Waals surface area contributed by atoms with Crippen LogP contribution < -0.4 is 5.73 Å². The molecule has 0 aliphatic carbocycles. The van der Waals surface area contributed by atoms with Gasteiger partial charge >= 0.3 is 6.18 Å². The lowest BCUT2D eigenvalue weighted by Gasteiger charge is -2.41. The predicted molar refractivity (Wildman–Crippen MR) is 118 cm³/mol. The number of aliphatic imine (C=N–C) groups is 1. The molecule has 0 radical (unpaired) electrons. The first-order valence-corrected chi connectivity index (χ1v) is 10.8. The van der Waals surface area contributed by atoms with Gasteiger partial charge in [-0.3, -0.25) is 14.6 Å². The number of rotatable bonds is 4. The number of amides is 1. The van der Waals surface area contributed by atoms with E-state index in [1.807, 2.05) is 19.2 Å². The summed E-state index contributed by atoms with van der Waals surface area (Å²) >= 11 is 1.34. The normalized spacial score (nSPS) is 19.2. The lowest BCUT2D eigenvalue weighted by Crippen LogP contribution is -2.51. The number of likely N-dealkylation sites (tertiary alicyclic amines) is 1. The Labute approximate surface area is 188 Å². The van der Waals surface area contributed by atoms with Crippen molar-refractivity contribution in [3.63, 3.8) is 0 Å². The van der Waals surface area contributed by atoms with Gasteiger partial charge in [0.05, 0.1) is 22.7 Å². The number of ketones is 1. The van der Waals surface area contributed by atoms with Crippen molar-refractivity contribution in [3.05, 3.63) is 69.1 Å². The van der Waals surface area contributed by atoms with Gasteiger partial charge in [-0.25, -0.2) is 0 Å². The third kappa shape index (κ3) is 5.09. The molecule has 32 heavy (non-hydrogen) atoms. The van der Waals surface area contributed by atoms with Gasteiger partial charge in [0.2, 0.25) is 0 Å². The average molecular weight is 464 g/mol. The standard InChI is InChI=1S/C23H24F3N3O2S/c1-14(30)19(27)17-12-29(21(31)18-5-4-10-32-18)13-22(2,3)20(17)28-11-15-6-8-16(9-7-15)23(24,25)26/h4-10H,11-13,27H2,1-3H3. The van der Waals surface area contributed by atoms with E-state index in [2.05, 4.69) is 4.99 Å². The van der Waals surface area contributed by atoms with E-state index < -0.39 is 17.2 Å². The number of carbonyl (C=O) groups excluding carboxylic acids is 2. The second-order valence-electron chi connectivity index (χ2n) is 8.33. The van der Waals surface area contributed by atoms with E-state index in [-0.39, 0.29) is 30.5 Å². The van der Waals surface area contributed by atoms with Crippen molar-refractivity contribution in [1.29, 1.82) is 0 Å². The number of hydrogen-bond acceptors (Lipinski definition) is 5. The summed E-state index contributed by atoms with van der Waals surface area (Å²) in [7, 11) is 0. The van der Waals surface area contributed by atoms with Crippen LogP contribution in [0.3, 0.4) is 0 Å². The number of hydrogen-bond donors (Lipinski definition) is 1. The first kappa shape index (κ1) is 23.7. The maximum Gasteiger partial charge on any atom is 0.416 e. The number of nitrogens with two attached hydrogens (primary N) is 1. The van der Waals surface area contributed by atoms with Gasteiger partial charge in [0.1, 0.15) is 0 Å². The van der Waals surface area contributed by atoms with Gasteiger partial charge in [0.15, 0.2) is 5.78 Å². The van der Waals surface area contributed by atoms with Crippen molar-refractivity contribution in [3.8, 4) is 0 Å². The zero-order valence-corrected chi connectivity index (χ0v) is 18.8. The lowest BCUT2D eigenvalue weighted by atomic mass is 9.78. The number of allylic oxidation sites excluding steroid dienone is 1. The summed E-state index contributed by atoms with van der Waals surface area (Å²) in [4.78, 5) is 31.9. The van der Waals surface area contributed by atoms with Crippen LogP contribution in [-0.4, -0.2) is 35.4 Å². The molecule has 0 bridgehead atoms. The molecule has 0 saturated carbocycles. The molecular formula is C23H24F3N3O2S. The number of piperidine rings is 1. The molecule has 1 fully saturated rings. The molecule has 0 spiro atoms. The number of alkyl halides is 3. The molecule has 1 saturated heterocycles. The smallest absolute Gasteiger partial charge is 0.396 e. The number of Topliss-reactive ketones (excluding diaryl/α,β-unsaturated/α-hetero) is 1. The molecule has 1 aliphatic heterocycles. The topological polar surface area (TPSA) is 75.8 Å². The Morgan fingerprint density at radius 1 is 1.19 bits per heavy atom. The van der Waals surface area contributed by atoms with Crippen LogP contribution >= 0.6 is 11.3 Å². The van der Waals surface area contributed by atoms with Crippen molar-refractivity contribution >= 4 is 28.7 Å². The molecular weight excluding hydrogens is 439 g/mol. The molecule has 1 amide bonds. The van der Waals surface area contributed by atoms with Crippen LogP contribution in [0.2, 0.25) is 0 Å². The van der Waals surface area contributed by atoms with Gasteiger partial charge in [-0.1, -0.05) is 32.0 Å². The van der Waals surface area contributed by atoms with Crippen LogP contribution in [-0.2, 0) is 17.5 Å². The quantitative estimate of drug-likeness (QED) is 0.669. The zero-order valence-electron chi connectivity index (χ0n) is 18.0. The van der Waals surface area contributed by atoms with Gasteiger partial charge < -0.3 is 10.6 Å². The van der Waals surface area contributed by atoms with Crippen molar-refractivity contribution in [1.82, 2.24) is 4.90 Å². The summed E-state index contributed by atoms with van der Waals surface area (Å²) in [5.41, 5.74) is 6.46. The van der Waals surface area contributed by atoms with Crippen LogP contribution in [0.15, 0.2) is 58.0 Å². The van der Waals surface area contributed by atoms with Crippen LogP contribution in [0, 0.1) is 5.41 Å². The van der Waals surface area contributed by atoms with E-state index in [9.17, 15) is 22.8 Å². The second-order valence-corrected chi connectivity index (χ2v) is 9.28. The Morgan fingerprint density at radius 3 is 2.38 bits per heavy atom. The van der Waals surface area contributed by atoms with Gasteiger partial charge in [-0.2, -0.15) is 13.2 Å². The molecule has 0 unspecified atom stereocenters. The number of thiophene rings is 1. The Bertz CT molecular complexity index is 1070. The molecule has 2 aromatic rings. The summed E-state index contributed by atoms with van der Waals surface area (Å²) in [6, 6.07) is 8.34. The molecule has 5 nitrogen and oxygen atoms in total. The van der Waals surface area contributed by atoms with Gasteiger partial charge in [0.25, 0.3) is 5.91 Å². The first-order chi connectivity index (χ1) is 14.9. The van der Waals surface area contributed by atoms with Crippen molar-refractivity contribution in [2.45, 2.75) is 33.5 Å². The highest BCUT2D eigenvalue weighted by Gasteiger charge is 2.39. The highest BCUT2D eigenvalue weighted by molar-refractivity contribution is 7.12. The van der Waals surface area contributed by atoms with Crippen LogP contribution in [0.5, 0.6) is 0 Å². The number of benzene rings is 1. The average Bonchev–Trinajstić information content (AvgIpc) is 3.25. The Balaban J connectivity index is 1.94. The third-order valence-corrected chi connectivity index (χ3v) is 6.14. The fourth-order valence-electron chi connectivity index (χ4n) is 3.69. The molecule has 1 aliphatic rings. The first-order valence-electron chi connectivity index (χ1n) is 9.94. The zero-order chi connectivity index (χ0) is 23.7. The summed E-state index contributed by atoms with van der Waals surface area (Å²) in [6.07, 6.45) is -4.40. The van der Waals surface area contributed by atoms with E-state index in [4.69, 9.17) is 5.73 Å². The van der Waals surface area contributed by atoms with Crippen LogP contribution in [0.1, 0.15) is 41.6 Å². The minimum atomic E-state index is -4.40. The van der Waals surface area contributed by atoms with E-state index in [0.29, 0.717) is 28.3 Å². The molecule has 1 aromatic heterocycles. The van der Waals surface area contributed by atoms with Gasteiger partial charge in [-0.05, 0) is 29.1 Å². The monoisotopic (exact) mass is 463 g/mol. The molecule has 2 N–H and O–H groups in total. The number of nitrogens with zero attached hydrogens (tertiary/aromatic N) is 2. The summed E-state index contributed by atoms with van der Waals surface area (Å²) in [5, 5.41) is 1.82. The van der Waals surface area contributed by atoms with Gasteiger partial charge in [-0.15, -0.1) is 11.3 Å². The number of carbonyl (C=O) groups is 2. The second kappa shape index (κ2) is 8.90. The minimum Gasteiger partial charge on any atom is -0.396 e. The molecule has 2 heterocycles. The summed E-state index contributed by atoms with van der Waals surface area (Å²) in [6.45, 7) is 5.79. The molecule has 1 aromatic carbocycles. The van der Waals surface area contributed by atoms with Crippen LogP contribution in [0.25, 0.3) is 0 Å². The van der Waals surface area contributed by atoms with Crippen molar-refractivity contribution < 1.29 is 22.8 Å². The molecule has 170 valence electrons. The Kier molecular flexibility index (Phi) is 6.59.